The molecule has 7 heavy (non-hydrogen) atoms. The van der Waals surface area contributed by atoms with Gasteiger partial charge in [-0.1, -0.05) is 0 Å². The summed E-state index contributed by atoms with van der Waals surface area (Å²) in [6.45, 7) is 2.10. The van der Waals surface area contributed by atoms with Crippen LogP contribution in [0.2, 0.25) is 0 Å². The highest BCUT2D eigenvalue weighted by atomic mass is 14.9. The first kappa shape index (κ1) is 9.99. The summed E-state index contributed by atoms with van der Waals surface area (Å²) in [5.41, 5.74) is 0. The highest BCUT2D eigenvalue weighted by molar-refractivity contribution is 4.38. The van der Waals surface area contributed by atoms with Gasteiger partial charge in [0.15, 0.2) is 0 Å². The Labute approximate surface area is 45.1 Å². The van der Waals surface area contributed by atoms with E-state index in [9.17, 15) is 0 Å². The van der Waals surface area contributed by atoms with Gasteiger partial charge in [-0.3, -0.25) is 0 Å². The van der Waals surface area contributed by atoms with Crippen molar-refractivity contribution in [3.8, 4) is 0 Å². The van der Waals surface area contributed by atoms with Crippen LogP contribution in [0, 0.1) is 0 Å². The quantitative estimate of drug-likeness (QED) is 0.446. The normalized spacial score (nSPS) is 7.71. The summed E-state index contributed by atoms with van der Waals surface area (Å²) < 4.78 is 0. The second kappa shape index (κ2) is 9.30. The molecule has 0 aliphatic rings. The van der Waals surface area contributed by atoms with Crippen LogP contribution in [0.5, 0.6) is 0 Å². The summed E-state index contributed by atoms with van der Waals surface area (Å²) in [6, 6.07) is 0. The average molecular weight is 102 g/mol. The van der Waals surface area contributed by atoms with Gasteiger partial charge in [0.2, 0.25) is 0 Å². The first-order valence-corrected chi connectivity index (χ1v) is 2.21. The molecule has 0 heterocycles. The van der Waals surface area contributed by atoms with E-state index < -0.39 is 0 Å². The third-order valence-electron chi connectivity index (χ3n) is 0.625. The van der Waals surface area contributed by atoms with Crippen LogP contribution in [-0.2, 0) is 0 Å². The fraction of sp³-hybridized carbons (Fsp3) is 1.00. The van der Waals surface area contributed by atoms with E-state index >= 15 is 0 Å². The molecule has 0 amide bonds. The van der Waals surface area contributed by atoms with Gasteiger partial charge in [-0.25, -0.2) is 0 Å². The van der Waals surface area contributed by atoms with Crippen molar-refractivity contribution in [2.45, 2.75) is 0 Å². The average Bonchev–Trinajstić information content (AvgIpc) is 1.61. The molecule has 0 aromatic heterocycles. The van der Waals surface area contributed by atoms with Gasteiger partial charge in [-0.15, -0.1) is 0 Å². The number of hydrogen-bond donors (Lipinski definition) is 2. The second-order valence-corrected chi connectivity index (χ2v) is 1.21. The fourth-order valence-corrected chi connectivity index (χ4v) is 0.250. The number of nitrogens with zero attached hydrogens (tertiary/aromatic N) is 1. The molecule has 0 spiro atoms. The molecule has 43 valence electrons. The van der Waals surface area contributed by atoms with Crippen molar-refractivity contribution in [1.29, 1.82) is 0 Å². The molecule has 0 rings (SSSR count). The monoisotopic (exact) mass is 102 g/mol. The van der Waals surface area contributed by atoms with Gasteiger partial charge >= 0.3 is 0 Å². The third-order valence-corrected chi connectivity index (χ3v) is 0.625. The van der Waals surface area contributed by atoms with Crippen LogP contribution < -0.4 is 16.8 Å². The predicted octanol–water partition coefficient (Wildman–Crippen LogP) is -1.06. The Bertz CT molecular complexity index is 18.9. The maximum atomic E-state index is 3.01. The lowest BCUT2D eigenvalue weighted by Crippen LogP contribution is -2.21. The highest BCUT2D eigenvalue weighted by Crippen LogP contribution is 1.45. The molecule has 0 saturated carbocycles. The predicted molar refractivity (Wildman–Crippen MR) is 30.0 cm³/mol. The third kappa shape index (κ3) is 10.7. The molecule has 0 atom stereocenters. The number of rotatable bonds is 3. The lowest BCUT2D eigenvalue weighted by Gasteiger charge is -1.92. The first-order valence-electron chi connectivity index (χ1n) is 2.21. The van der Waals surface area contributed by atoms with E-state index in [1.165, 1.54) is 0 Å². The molecule has 0 fully saturated rings. The molecule has 0 aliphatic heterocycles. The Morgan fingerprint density at radius 1 is 1.00 bits per heavy atom. The van der Waals surface area contributed by atoms with Crippen molar-refractivity contribution in [2.24, 2.45) is 0 Å². The number of hydrogen-bond acceptors (Lipinski definition) is 2. The topological polar surface area (TPSA) is 54.6 Å². The zero-order valence-corrected chi connectivity index (χ0v) is 4.86. The van der Waals surface area contributed by atoms with Crippen LogP contribution in [0.15, 0.2) is 0 Å². The summed E-state index contributed by atoms with van der Waals surface area (Å²) in [4.78, 5) is 0. The Hall–Kier alpha value is -0.120. The molecule has 3 radical (unpaired) electrons. The molecular weight excluding hydrogens is 90.1 g/mol. The molecule has 2 N–H and O–H groups in total. The van der Waals surface area contributed by atoms with Gasteiger partial charge in [0.25, 0.3) is 0 Å². The smallest absolute Gasteiger partial charge is 0.00736 e. The van der Waals surface area contributed by atoms with Gasteiger partial charge in [-0.2, -0.15) is 0 Å². The van der Waals surface area contributed by atoms with Gasteiger partial charge in [0, 0.05) is 19.2 Å². The Kier molecular flexibility index (Phi) is 13.3. The van der Waals surface area contributed by atoms with Crippen LogP contribution in [-0.4, -0.2) is 27.2 Å². The van der Waals surface area contributed by atoms with Crippen molar-refractivity contribution >= 4 is 0 Å². The van der Waals surface area contributed by atoms with Crippen LogP contribution in [0.4, 0.5) is 0 Å². The Morgan fingerprint density at radius 3 is 1.43 bits per heavy atom. The van der Waals surface area contributed by atoms with Crippen molar-refractivity contribution in [2.75, 3.05) is 27.2 Å². The molecule has 0 bridgehead atoms. The van der Waals surface area contributed by atoms with Crippen LogP contribution >= 0.6 is 0 Å². The molecule has 0 aliphatic carbocycles. The van der Waals surface area contributed by atoms with Crippen molar-refractivity contribution in [3.63, 3.8) is 0 Å². The van der Waals surface area contributed by atoms with Gasteiger partial charge in [0.05, 0.1) is 0 Å². The van der Waals surface area contributed by atoms with Crippen LogP contribution in [0.1, 0.15) is 0 Å². The van der Waals surface area contributed by atoms with E-state index in [0.717, 1.165) is 13.1 Å². The Balaban J connectivity index is 0. The Morgan fingerprint density at radius 2 is 1.29 bits per heavy atom. The van der Waals surface area contributed by atoms with Crippen molar-refractivity contribution in [3.05, 3.63) is 0 Å². The maximum Gasteiger partial charge on any atom is 0.00736 e. The van der Waals surface area contributed by atoms with Gasteiger partial charge in [-0.05, 0) is 14.1 Å². The van der Waals surface area contributed by atoms with Crippen LogP contribution in [0.3, 0.4) is 0 Å². The lowest BCUT2D eigenvalue weighted by atomic mass is 10.6. The molecule has 0 aromatic rings. The highest BCUT2D eigenvalue weighted by Gasteiger charge is 1.70. The zero-order valence-electron chi connectivity index (χ0n) is 4.86. The number of nitrogens with one attached hydrogen (secondary N) is 2. The van der Waals surface area contributed by atoms with E-state index in [1.54, 1.807) is 0 Å². The zero-order chi connectivity index (χ0) is 4.83. The molecular formula is C4H12N3. The summed E-state index contributed by atoms with van der Waals surface area (Å²) in [5.74, 6) is 0. The maximum absolute atomic E-state index is 3.01. The summed E-state index contributed by atoms with van der Waals surface area (Å²) >= 11 is 0. The molecule has 3 heteroatoms. The SMILES string of the molecule is CNCCNC.[N]. The summed E-state index contributed by atoms with van der Waals surface area (Å²) in [5, 5.41) is 6.01. The molecule has 0 saturated heterocycles. The van der Waals surface area contributed by atoms with E-state index in [1.807, 2.05) is 14.1 Å². The minimum Gasteiger partial charge on any atom is -0.318 e. The molecule has 0 aromatic carbocycles. The van der Waals surface area contributed by atoms with Gasteiger partial charge < -0.3 is 10.6 Å². The second-order valence-electron chi connectivity index (χ2n) is 1.21. The summed E-state index contributed by atoms with van der Waals surface area (Å²) in [7, 11) is 3.88. The number of likely N-dealkylation sites (N-methyl/N-ethyl adjacent to an activating group) is 2. The van der Waals surface area contributed by atoms with E-state index in [0.29, 0.717) is 0 Å². The van der Waals surface area contributed by atoms with E-state index in [2.05, 4.69) is 10.6 Å². The van der Waals surface area contributed by atoms with Gasteiger partial charge in [0.1, 0.15) is 0 Å². The molecule has 3 nitrogen and oxygen atoms in total. The fourth-order valence-electron chi connectivity index (χ4n) is 0.250. The minimum atomic E-state index is 0. The van der Waals surface area contributed by atoms with E-state index in [4.69, 9.17) is 0 Å². The lowest BCUT2D eigenvalue weighted by molar-refractivity contribution is 0.718. The standard InChI is InChI=1S/C4H12N2.N/c1-5-3-4-6-2;/h5-6H,3-4H2,1-2H3;. The molecule has 0 unspecified atom stereocenters. The van der Waals surface area contributed by atoms with E-state index in [-0.39, 0.29) is 6.15 Å². The largest absolute Gasteiger partial charge is 0.318 e. The van der Waals surface area contributed by atoms with Crippen LogP contribution in [0.25, 0.3) is 0 Å². The van der Waals surface area contributed by atoms with Crippen molar-refractivity contribution in [1.82, 2.24) is 16.8 Å². The summed E-state index contributed by atoms with van der Waals surface area (Å²) in [6.07, 6.45) is 0. The first-order chi connectivity index (χ1) is 2.91. The van der Waals surface area contributed by atoms with Crippen molar-refractivity contribution < 1.29 is 0 Å². The minimum absolute atomic E-state index is 0.